The third-order valence-electron chi connectivity index (χ3n) is 7.93. The summed E-state index contributed by atoms with van der Waals surface area (Å²) in [5.74, 6) is 0. The van der Waals surface area contributed by atoms with Gasteiger partial charge in [-0.25, -0.2) is 0 Å². The van der Waals surface area contributed by atoms with Gasteiger partial charge in [0.05, 0.1) is 0 Å². The summed E-state index contributed by atoms with van der Waals surface area (Å²) in [6, 6.07) is 39.5. The van der Waals surface area contributed by atoms with Gasteiger partial charge in [0.1, 0.15) is 0 Å². The highest BCUT2D eigenvalue weighted by Gasteiger charge is 2.09. The van der Waals surface area contributed by atoms with Crippen LogP contribution in [-0.2, 0) is 13.6 Å². The summed E-state index contributed by atoms with van der Waals surface area (Å²) >= 11 is 0. The van der Waals surface area contributed by atoms with Gasteiger partial charge in [-0.1, -0.05) is 109 Å². The lowest BCUT2D eigenvalue weighted by atomic mass is 10.1. The van der Waals surface area contributed by atoms with Gasteiger partial charge < -0.3 is 9.13 Å². The van der Waals surface area contributed by atoms with Crippen molar-refractivity contribution in [2.45, 2.75) is 13.5 Å². The molecule has 0 aliphatic carbocycles. The molecule has 0 aliphatic heterocycles. The second-order valence-corrected chi connectivity index (χ2v) is 10.2. The first kappa shape index (κ1) is 23.3. The van der Waals surface area contributed by atoms with Crippen molar-refractivity contribution in [1.29, 1.82) is 0 Å². The van der Waals surface area contributed by atoms with E-state index in [1.807, 2.05) is 0 Å². The average Bonchev–Trinajstić information content (AvgIpc) is 3.46. The van der Waals surface area contributed by atoms with E-state index < -0.39 is 0 Å². The highest BCUT2D eigenvalue weighted by Crippen LogP contribution is 2.31. The molecule has 0 unspecified atom stereocenters. The Hall–Kier alpha value is -4.82. The summed E-state index contributed by atoms with van der Waals surface area (Å²) in [7, 11) is 2.14. The van der Waals surface area contributed by atoms with Crippen LogP contribution in [0.3, 0.4) is 0 Å². The number of aryl methyl sites for hydroxylation is 2. The van der Waals surface area contributed by atoms with Gasteiger partial charge in [-0.3, -0.25) is 0 Å². The standard InChI is InChI=1S/C37H30N2/c1-3-39-35-11-7-5-9-31(35)33-23-21-29(25-37(33)39)19-17-27-14-12-26(13-15-27)16-18-28-20-22-32-30-8-4-6-10-34(30)38(2)36(32)24-28/h4-25H,3H2,1-2H3. The van der Waals surface area contributed by atoms with Crippen LogP contribution in [0, 0.1) is 0 Å². The molecule has 39 heavy (non-hydrogen) atoms. The summed E-state index contributed by atoms with van der Waals surface area (Å²) in [6.07, 6.45) is 8.79. The molecule has 0 aliphatic rings. The van der Waals surface area contributed by atoms with E-state index in [9.17, 15) is 0 Å². The molecule has 0 N–H and O–H groups in total. The Labute approximate surface area is 228 Å². The van der Waals surface area contributed by atoms with Gasteiger partial charge in [0.2, 0.25) is 0 Å². The Bertz CT molecular complexity index is 2050. The van der Waals surface area contributed by atoms with E-state index in [0.29, 0.717) is 0 Å². The van der Waals surface area contributed by atoms with Crippen LogP contribution < -0.4 is 0 Å². The summed E-state index contributed by atoms with van der Waals surface area (Å²) in [4.78, 5) is 0. The minimum atomic E-state index is 0.960. The molecule has 0 saturated carbocycles. The molecule has 0 fully saturated rings. The Balaban J connectivity index is 1.11. The number of hydrogen-bond acceptors (Lipinski definition) is 0. The van der Waals surface area contributed by atoms with Crippen molar-refractivity contribution < 1.29 is 0 Å². The first-order valence-corrected chi connectivity index (χ1v) is 13.6. The fraction of sp³-hybridized carbons (Fsp3) is 0.0811. The molecule has 0 amide bonds. The quantitative estimate of drug-likeness (QED) is 0.207. The topological polar surface area (TPSA) is 9.86 Å². The third kappa shape index (κ3) is 4.06. The number of aromatic nitrogens is 2. The molecule has 0 bridgehead atoms. The summed E-state index contributed by atoms with van der Waals surface area (Å²) in [5.41, 5.74) is 9.93. The van der Waals surface area contributed by atoms with Gasteiger partial charge in [-0.05, 0) is 53.4 Å². The highest BCUT2D eigenvalue weighted by atomic mass is 15.0. The van der Waals surface area contributed by atoms with Gasteiger partial charge in [-0.2, -0.15) is 0 Å². The van der Waals surface area contributed by atoms with E-state index in [2.05, 4.69) is 157 Å². The van der Waals surface area contributed by atoms with E-state index in [1.165, 1.54) is 65.9 Å². The molecule has 7 aromatic rings. The maximum absolute atomic E-state index is 2.40. The first-order chi connectivity index (χ1) is 19.2. The Morgan fingerprint density at radius 1 is 0.462 bits per heavy atom. The van der Waals surface area contributed by atoms with Gasteiger partial charge in [0.25, 0.3) is 0 Å². The fourth-order valence-electron chi connectivity index (χ4n) is 5.90. The predicted molar refractivity (Wildman–Crippen MR) is 170 cm³/mol. The lowest BCUT2D eigenvalue weighted by Crippen LogP contribution is -1.92. The van der Waals surface area contributed by atoms with Crippen molar-refractivity contribution in [1.82, 2.24) is 9.13 Å². The molecule has 5 aromatic carbocycles. The predicted octanol–water partition coefficient (Wildman–Crippen LogP) is 9.80. The molecular weight excluding hydrogens is 472 g/mol. The monoisotopic (exact) mass is 502 g/mol. The second kappa shape index (κ2) is 9.49. The van der Waals surface area contributed by atoms with Crippen LogP contribution >= 0.6 is 0 Å². The lowest BCUT2D eigenvalue weighted by molar-refractivity contribution is 0.827. The molecule has 0 radical (unpaired) electrons. The van der Waals surface area contributed by atoms with Gasteiger partial charge >= 0.3 is 0 Å². The Morgan fingerprint density at radius 3 is 1.51 bits per heavy atom. The SMILES string of the molecule is CCn1c2ccccc2c2ccc(C=Cc3ccc(C=Cc4ccc5c6ccccc6n(C)c5c4)cc3)cc21. The Morgan fingerprint density at radius 2 is 0.897 bits per heavy atom. The second-order valence-electron chi connectivity index (χ2n) is 10.2. The molecule has 0 saturated heterocycles. The minimum absolute atomic E-state index is 0.960. The molecule has 2 heterocycles. The number of rotatable bonds is 5. The van der Waals surface area contributed by atoms with Crippen molar-refractivity contribution in [3.8, 4) is 0 Å². The number of fused-ring (bicyclic) bond motifs is 6. The Kier molecular flexibility index (Phi) is 5.67. The first-order valence-electron chi connectivity index (χ1n) is 13.6. The van der Waals surface area contributed by atoms with Crippen molar-refractivity contribution in [2.24, 2.45) is 7.05 Å². The maximum Gasteiger partial charge on any atom is 0.0497 e. The number of nitrogens with zero attached hydrogens (tertiary/aromatic N) is 2. The number of benzene rings is 5. The molecule has 2 heteroatoms. The molecule has 2 nitrogen and oxygen atoms in total. The highest BCUT2D eigenvalue weighted by molar-refractivity contribution is 6.09. The summed E-state index contributed by atoms with van der Waals surface area (Å²) in [5, 5.41) is 5.25. The zero-order valence-corrected chi connectivity index (χ0v) is 22.3. The third-order valence-corrected chi connectivity index (χ3v) is 7.93. The smallest absolute Gasteiger partial charge is 0.0497 e. The average molecular weight is 503 g/mol. The van der Waals surface area contributed by atoms with Crippen LogP contribution in [0.5, 0.6) is 0 Å². The molecular formula is C37H30N2. The van der Waals surface area contributed by atoms with Crippen molar-refractivity contribution in [3.63, 3.8) is 0 Å². The van der Waals surface area contributed by atoms with E-state index in [1.54, 1.807) is 0 Å². The molecule has 0 spiro atoms. The van der Waals surface area contributed by atoms with Gasteiger partial charge in [0, 0.05) is 57.2 Å². The van der Waals surface area contributed by atoms with E-state index in [0.717, 1.165) is 6.54 Å². The normalized spacial score (nSPS) is 12.3. The van der Waals surface area contributed by atoms with Crippen molar-refractivity contribution in [2.75, 3.05) is 0 Å². The molecule has 188 valence electrons. The molecule has 0 atom stereocenters. The van der Waals surface area contributed by atoms with Gasteiger partial charge in [0.15, 0.2) is 0 Å². The molecule has 2 aromatic heterocycles. The van der Waals surface area contributed by atoms with Crippen LogP contribution in [0.2, 0.25) is 0 Å². The zero-order chi connectivity index (χ0) is 26.3. The van der Waals surface area contributed by atoms with Crippen LogP contribution in [0.15, 0.2) is 109 Å². The number of para-hydroxylation sites is 2. The largest absolute Gasteiger partial charge is 0.344 e. The number of hydrogen-bond donors (Lipinski definition) is 0. The minimum Gasteiger partial charge on any atom is -0.344 e. The van der Waals surface area contributed by atoms with Crippen molar-refractivity contribution in [3.05, 3.63) is 131 Å². The van der Waals surface area contributed by atoms with Crippen molar-refractivity contribution >= 4 is 67.9 Å². The van der Waals surface area contributed by atoms with Crippen LogP contribution in [0.4, 0.5) is 0 Å². The maximum atomic E-state index is 2.40. The van der Waals surface area contributed by atoms with E-state index in [-0.39, 0.29) is 0 Å². The zero-order valence-electron chi connectivity index (χ0n) is 22.3. The molecule has 7 rings (SSSR count). The van der Waals surface area contributed by atoms with E-state index >= 15 is 0 Å². The lowest BCUT2D eigenvalue weighted by Gasteiger charge is -2.03. The van der Waals surface area contributed by atoms with Crippen LogP contribution in [0.1, 0.15) is 29.2 Å². The van der Waals surface area contributed by atoms with Gasteiger partial charge in [-0.15, -0.1) is 0 Å². The van der Waals surface area contributed by atoms with Crippen LogP contribution in [0.25, 0.3) is 67.9 Å². The fourth-order valence-corrected chi connectivity index (χ4v) is 5.90. The van der Waals surface area contributed by atoms with E-state index in [4.69, 9.17) is 0 Å². The van der Waals surface area contributed by atoms with Crippen LogP contribution in [-0.4, -0.2) is 9.13 Å². The summed E-state index contributed by atoms with van der Waals surface area (Å²) in [6.45, 7) is 3.17. The summed E-state index contributed by atoms with van der Waals surface area (Å²) < 4.78 is 4.68.